The molecule has 0 fully saturated rings. The Morgan fingerprint density at radius 2 is 2.12 bits per heavy atom. The molecule has 0 aliphatic rings. The van der Waals surface area contributed by atoms with Crippen LogP contribution in [0.5, 0.6) is 0 Å². The van der Waals surface area contributed by atoms with Crippen LogP contribution in [0.3, 0.4) is 0 Å². The van der Waals surface area contributed by atoms with Gasteiger partial charge in [-0.15, -0.1) is 5.10 Å². The van der Waals surface area contributed by atoms with Gasteiger partial charge in [0.25, 0.3) is 11.8 Å². The topological polar surface area (TPSA) is 116 Å². The van der Waals surface area contributed by atoms with Gasteiger partial charge in [0.15, 0.2) is 10.8 Å². The number of aryl methyl sites for hydroxylation is 1. The summed E-state index contributed by atoms with van der Waals surface area (Å²) in [7, 11) is 0. The van der Waals surface area contributed by atoms with Crippen molar-refractivity contribution in [3.63, 3.8) is 0 Å². The molecular formula is C14H11ClN6O2S. The Kier molecular flexibility index (Phi) is 4.28. The van der Waals surface area contributed by atoms with E-state index in [0.29, 0.717) is 16.4 Å². The Morgan fingerprint density at radius 1 is 1.33 bits per heavy atom. The number of nitrogens with zero attached hydrogens (tertiary/aromatic N) is 4. The van der Waals surface area contributed by atoms with E-state index in [9.17, 15) is 9.59 Å². The van der Waals surface area contributed by atoms with E-state index in [0.717, 1.165) is 11.3 Å². The van der Waals surface area contributed by atoms with Gasteiger partial charge in [-0.05, 0) is 25.1 Å². The van der Waals surface area contributed by atoms with Crippen LogP contribution in [0.4, 0.5) is 5.13 Å². The van der Waals surface area contributed by atoms with Crippen LogP contribution >= 0.6 is 22.9 Å². The first-order chi connectivity index (χ1) is 11.4. The number of amides is 2. The monoisotopic (exact) mass is 362 g/mol. The Bertz CT molecular complexity index is 935. The number of halogens is 1. The fourth-order valence-electron chi connectivity index (χ4n) is 1.91. The van der Waals surface area contributed by atoms with Gasteiger partial charge in [-0.25, -0.2) is 4.98 Å². The zero-order valence-electron chi connectivity index (χ0n) is 12.4. The molecule has 3 aromatic rings. The lowest BCUT2D eigenvalue weighted by Gasteiger charge is -1.99. The highest BCUT2D eigenvalue weighted by molar-refractivity contribution is 7.17. The van der Waals surface area contributed by atoms with E-state index in [-0.39, 0.29) is 15.7 Å². The van der Waals surface area contributed by atoms with Crippen LogP contribution in [-0.2, 0) is 0 Å². The number of carbonyl (C=O) groups is 2. The molecular weight excluding hydrogens is 352 g/mol. The SMILES string of the molecule is Cc1nn(-c2cccc(Cl)c2)nc1C(=O)Nc1ncc(C(N)=O)s1. The lowest BCUT2D eigenvalue weighted by molar-refractivity contribution is 0.0999. The van der Waals surface area contributed by atoms with Crippen molar-refractivity contribution >= 4 is 39.9 Å². The first-order valence-electron chi connectivity index (χ1n) is 6.71. The van der Waals surface area contributed by atoms with Crippen LogP contribution in [0.15, 0.2) is 30.5 Å². The molecule has 0 saturated carbocycles. The van der Waals surface area contributed by atoms with Gasteiger partial charge in [0.1, 0.15) is 4.88 Å². The Balaban J connectivity index is 1.83. The second-order valence-electron chi connectivity index (χ2n) is 4.75. The van der Waals surface area contributed by atoms with Gasteiger partial charge >= 0.3 is 0 Å². The smallest absolute Gasteiger partial charge is 0.279 e. The number of hydrogen-bond acceptors (Lipinski definition) is 6. The normalized spacial score (nSPS) is 10.6. The minimum atomic E-state index is -0.601. The zero-order chi connectivity index (χ0) is 17.3. The largest absolute Gasteiger partial charge is 0.365 e. The molecule has 2 aromatic heterocycles. The minimum absolute atomic E-state index is 0.144. The summed E-state index contributed by atoms with van der Waals surface area (Å²) in [5, 5.41) is 11.8. The van der Waals surface area contributed by atoms with Gasteiger partial charge in [-0.1, -0.05) is 29.0 Å². The number of anilines is 1. The van der Waals surface area contributed by atoms with Crippen LogP contribution in [-0.4, -0.2) is 31.8 Å². The second kappa shape index (κ2) is 6.38. The van der Waals surface area contributed by atoms with Crippen LogP contribution in [0.1, 0.15) is 25.9 Å². The summed E-state index contributed by atoms with van der Waals surface area (Å²) in [6.07, 6.45) is 1.30. The highest BCUT2D eigenvalue weighted by Crippen LogP contribution is 2.19. The van der Waals surface area contributed by atoms with E-state index in [4.69, 9.17) is 17.3 Å². The van der Waals surface area contributed by atoms with E-state index in [1.807, 2.05) is 0 Å². The molecule has 24 heavy (non-hydrogen) atoms. The van der Waals surface area contributed by atoms with Crippen molar-refractivity contribution in [2.75, 3.05) is 5.32 Å². The van der Waals surface area contributed by atoms with E-state index < -0.39 is 11.8 Å². The minimum Gasteiger partial charge on any atom is -0.365 e. The van der Waals surface area contributed by atoms with Gasteiger partial charge in [0.2, 0.25) is 0 Å². The van der Waals surface area contributed by atoms with Crippen molar-refractivity contribution in [1.29, 1.82) is 0 Å². The predicted octanol–water partition coefficient (Wildman–Crippen LogP) is 2.04. The fourth-order valence-corrected chi connectivity index (χ4v) is 2.75. The van der Waals surface area contributed by atoms with Crippen molar-refractivity contribution in [2.24, 2.45) is 5.73 Å². The van der Waals surface area contributed by atoms with E-state index in [1.165, 1.54) is 11.0 Å². The van der Waals surface area contributed by atoms with Gasteiger partial charge in [-0.3, -0.25) is 14.9 Å². The third kappa shape index (κ3) is 3.26. The molecule has 122 valence electrons. The standard InChI is InChI=1S/C14H11ClN6O2S/c1-7-11(13(23)18-14-17-6-10(24-14)12(16)22)20-21(19-7)9-4-2-3-8(15)5-9/h2-6H,1H3,(H2,16,22)(H,17,18,23). The van der Waals surface area contributed by atoms with Crippen molar-refractivity contribution in [2.45, 2.75) is 6.92 Å². The number of rotatable bonds is 4. The Labute approximate surface area is 145 Å². The quantitative estimate of drug-likeness (QED) is 0.736. The van der Waals surface area contributed by atoms with Gasteiger partial charge in [0.05, 0.1) is 17.6 Å². The van der Waals surface area contributed by atoms with Crippen molar-refractivity contribution in [1.82, 2.24) is 20.0 Å². The second-order valence-corrected chi connectivity index (χ2v) is 6.22. The molecule has 1 aromatic carbocycles. The number of carbonyl (C=O) groups excluding carboxylic acids is 2. The van der Waals surface area contributed by atoms with Gasteiger partial charge in [0, 0.05) is 5.02 Å². The molecule has 0 aliphatic carbocycles. The van der Waals surface area contributed by atoms with Crippen molar-refractivity contribution in [3.05, 3.63) is 51.7 Å². The number of aromatic nitrogens is 4. The summed E-state index contributed by atoms with van der Waals surface area (Å²) in [6.45, 7) is 1.67. The third-order valence-corrected chi connectivity index (χ3v) is 4.17. The Hall–Kier alpha value is -2.78. The number of primary amides is 1. The molecule has 3 rings (SSSR count). The lowest BCUT2D eigenvalue weighted by atomic mass is 10.3. The van der Waals surface area contributed by atoms with Gasteiger partial charge in [-0.2, -0.15) is 9.90 Å². The van der Waals surface area contributed by atoms with Crippen LogP contribution in [0, 0.1) is 6.92 Å². The van der Waals surface area contributed by atoms with Crippen molar-refractivity contribution in [3.8, 4) is 5.69 Å². The molecule has 2 heterocycles. The number of hydrogen-bond donors (Lipinski definition) is 2. The predicted molar refractivity (Wildman–Crippen MR) is 89.7 cm³/mol. The number of nitrogens with two attached hydrogens (primary N) is 1. The molecule has 2 amide bonds. The number of nitrogens with one attached hydrogen (secondary N) is 1. The summed E-state index contributed by atoms with van der Waals surface area (Å²) < 4.78 is 0. The highest BCUT2D eigenvalue weighted by atomic mass is 35.5. The maximum Gasteiger partial charge on any atom is 0.279 e. The maximum absolute atomic E-state index is 12.3. The first-order valence-corrected chi connectivity index (χ1v) is 7.90. The van der Waals surface area contributed by atoms with Crippen LogP contribution in [0.25, 0.3) is 5.69 Å². The van der Waals surface area contributed by atoms with E-state index in [1.54, 1.807) is 31.2 Å². The fraction of sp³-hybridized carbons (Fsp3) is 0.0714. The third-order valence-electron chi connectivity index (χ3n) is 3.01. The van der Waals surface area contributed by atoms with Gasteiger partial charge < -0.3 is 5.73 Å². The van der Waals surface area contributed by atoms with Crippen LogP contribution < -0.4 is 11.1 Å². The molecule has 0 radical (unpaired) electrons. The highest BCUT2D eigenvalue weighted by Gasteiger charge is 2.18. The number of benzene rings is 1. The zero-order valence-corrected chi connectivity index (χ0v) is 13.9. The summed E-state index contributed by atoms with van der Waals surface area (Å²) in [5.41, 5.74) is 6.38. The summed E-state index contributed by atoms with van der Waals surface area (Å²) in [4.78, 5) is 28.9. The molecule has 0 spiro atoms. The maximum atomic E-state index is 12.3. The summed E-state index contributed by atoms with van der Waals surface area (Å²) >= 11 is 6.93. The van der Waals surface area contributed by atoms with E-state index in [2.05, 4.69) is 20.5 Å². The molecule has 0 bridgehead atoms. The molecule has 3 N–H and O–H groups in total. The first kappa shape index (κ1) is 16.1. The molecule has 0 atom stereocenters. The summed E-state index contributed by atoms with van der Waals surface area (Å²) in [5.74, 6) is -1.08. The number of thiazole rings is 1. The lowest BCUT2D eigenvalue weighted by Crippen LogP contribution is -2.14. The Morgan fingerprint density at radius 3 is 2.79 bits per heavy atom. The average molecular weight is 363 g/mol. The van der Waals surface area contributed by atoms with Crippen molar-refractivity contribution < 1.29 is 9.59 Å². The average Bonchev–Trinajstić information content (AvgIpc) is 3.14. The molecule has 0 aliphatic heterocycles. The molecule has 0 saturated heterocycles. The van der Waals surface area contributed by atoms with E-state index >= 15 is 0 Å². The summed E-state index contributed by atoms with van der Waals surface area (Å²) in [6, 6.07) is 6.94. The molecule has 10 heteroatoms. The van der Waals surface area contributed by atoms with Crippen LogP contribution in [0.2, 0.25) is 5.02 Å². The molecule has 8 nitrogen and oxygen atoms in total. The molecule has 0 unspecified atom stereocenters.